The van der Waals surface area contributed by atoms with Gasteiger partial charge in [0, 0.05) is 6.04 Å². The van der Waals surface area contributed by atoms with Gasteiger partial charge in [0.15, 0.2) is 0 Å². The van der Waals surface area contributed by atoms with Gasteiger partial charge < -0.3 is 8.23 Å². The van der Waals surface area contributed by atoms with Crippen LogP contribution in [0.4, 0.5) is 0 Å². The highest BCUT2D eigenvalue weighted by molar-refractivity contribution is 6.73. The van der Waals surface area contributed by atoms with E-state index in [-0.39, 0.29) is 0 Å². The number of unbranched alkanes of at least 4 members (excludes halogenated alkanes) is 2. The van der Waals surface area contributed by atoms with Gasteiger partial charge in [0.2, 0.25) is 0 Å². The zero-order valence-corrected chi connectivity index (χ0v) is 15.3. The fraction of sp³-hybridized carbons (Fsp3) is 0.600. The first-order valence-electron chi connectivity index (χ1n) is 5.46. The van der Waals surface area contributed by atoms with Crippen LogP contribution >= 0.6 is 0 Å². The van der Waals surface area contributed by atoms with Crippen molar-refractivity contribution >= 4 is 29.5 Å². The highest BCUT2D eigenvalue weighted by atomic mass is 28.4. The molecule has 15 heavy (non-hydrogen) atoms. The maximum Gasteiger partial charge on any atom is 0.320 e. The minimum absolute atomic E-state index is 0.778. The van der Waals surface area contributed by atoms with Crippen molar-refractivity contribution in [1.29, 1.82) is 0 Å². The first kappa shape index (κ1) is 15.1. The summed E-state index contributed by atoms with van der Waals surface area (Å²) in [6.07, 6.45) is 5.46. The second-order valence-electron chi connectivity index (χ2n) is 3.99. The normalized spacial score (nSPS) is 15.0. The fourth-order valence-corrected chi connectivity index (χ4v) is 8.50. The molecule has 0 fully saturated rings. The summed E-state index contributed by atoms with van der Waals surface area (Å²) in [4.78, 5) is 0. The number of hydrogen-bond donors (Lipinski definition) is 0. The molecular formula is C10H24O2Si3. The lowest BCUT2D eigenvalue weighted by molar-refractivity contribution is 0.419. The highest BCUT2D eigenvalue weighted by Gasteiger charge is 2.33. The molecule has 0 radical (unpaired) electrons. The summed E-state index contributed by atoms with van der Waals surface area (Å²) in [5.74, 6) is 0. The summed E-state index contributed by atoms with van der Waals surface area (Å²) in [7, 11) is -0.311. The molecule has 0 N–H and O–H groups in total. The summed E-state index contributed by atoms with van der Waals surface area (Å²) in [5, 5.41) is 0. The van der Waals surface area contributed by atoms with Crippen LogP contribution in [-0.2, 0) is 8.23 Å². The molecule has 0 rings (SSSR count). The van der Waals surface area contributed by atoms with Crippen LogP contribution in [0.5, 0.6) is 0 Å². The Labute approximate surface area is 101 Å². The Morgan fingerprint density at radius 2 is 1.93 bits per heavy atom. The molecule has 0 bridgehead atoms. The van der Waals surface area contributed by atoms with Crippen molar-refractivity contribution in [2.24, 2.45) is 0 Å². The van der Waals surface area contributed by atoms with Gasteiger partial charge in [-0.25, -0.2) is 0 Å². The first-order chi connectivity index (χ1) is 7.10. The quantitative estimate of drug-likeness (QED) is 0.349. The Kier molecular flexibility index (Phi) is 8.26. The smallest absolute Gasteiger partial charge is 0.320 e. The molecular weight excluding hydrogens is 236 g/mol. The molecule has 0 aliphatic carbocycles. The molecule has 0 spiro atoms. The predicted molar refractivity (Wildman–Crippen MR) is 76.3 cm³/mol. The zero-order valence-electron chi connectivity index (χ0n) is 10.3. The van der Waals surface area contributed by atoms with Gasteiger partial charge >= 0.3 is 8.56 Å². The van der Waals surface area contributed by atoms with Gasteiger partial charge in [-0.1, -0.05) is 18.1 Å². The third-order valence-corrected chi connectivity index (χ3v) is 10.7. The van der Waals surface area contributed by atoms with E-state index in [9.17, 15) is 0 Å². The third kappa shape index (κ3) is 6.26. The summed E-state index contributed by atoms with van der Waals surface area (Å²) in [6.45, 7) is 9.76. The van der Waals surface area contributed by atoms with Gasteiger partial charge in [0.1, 0.15) is 21.0 Å². The van der Waals surface area contributed by atoms with Crippen molar-refractivity contribution in [3.63, 3.8) is 0 Å². The number of allylic oxidation sites excluding steroid dienone is 2. The summed E-state index contributed by atoms with van der Waals surface area (Å²) < 4.78 is 11.6. The molecule has 0 atom stereocenters. The molecule has 0 heterocycles. The van der Waals surface area contributed by atoms with Gasteiger partial charge in [0.25, 0.3) is 0 Å². The maximum absolute atomic E-state index is 5.78. The largest absolute Gasteiger partial charge is 0.445 e. The summed E-state index contributed by atoms with van der Waals surface area (Å²) in [5.41, 5.74) is 1.19. The van der Waals surface area contributed by atoms with Crippen LogP contribution < -0.4 is 0 Å². The van der Waals surface area contributed by atoms with E-state index >= 15 is 0 Å². The van der Waals surface area contributed by atoms with Crippen LogP contribution in [0, 0.1) is 0 Å². The number of rotatable bonds is 9. The van der Waals surface area contributed by atoms with Gasteiger partial charge in [-0.15, -0.1) is 13.2 Å². The highest BCUT2D eigenvalue weighted by Crippen LogP contribution is 2.23. The molecule has 0 unspecified atom stereocenters. The number of hydrogen-bond acceptors (Lipinski definition) is 2. The zero-order chi connectivity index (χ0) is 11.7. The van der Waals surface area contributed by atoms with E-state index in [1.165, 1.54) is 18.4 Å². The molecule has 0 aromatic rings. The van der Waals surface area contributed by atoms with Crippen molar-refractivity contribution in [3.8, 4) is 0 Å². The van der Waals surface area contributed by atoms with Crippen LogP contribution in [0.25, 0.3) is 0 Å². The standard InChI is InChI=1S/C10H24O2Si3/c1-4-5-6-7-8-15(11-13,12-14)9-10(2)3/h4H,1-2,5-9H2,3,13-14H3. The minimum Gasteiger partial charge on any atom is -0.445 e. The van der Waals surface area contributed by atoms with Gasteiger partial charge in [-0.05, 0) is 25.8 Å². The molecule has 2 nitrogen and oxygen atoms in total. The monoisotopic (exact) mass is 260 g/mol. The molecule has 0 saturated heterocycles. The molecule has 88 valence electrons. The summed E-state index contributed by atoms with van der Waals surface area (Å²) >= 11 is 0. The Hall–Kier alpha value is 0.0506. The van der Waals surface area contributed by atoms with Crippen molar-refractivity contribution in [2.45, 2.75) is 38.3 Å². The molecule has 0 aliphatic heterocycles. The lowest BCUT2D eigenvalue weighted by atomic mass is 10.2. The van der Waals surface area contributed by atoms with E-state index in [4.69, 9.17) is 8.23 Å². The molecule has 5 heteroatoms. The second kappa shape index (κ2) is 8.23. The second-order valence-corrected chi connectivity index (χ2v) is 9.93. The SMILES string of the molecule is C=CCCCC[Si](CC(=C)C)(O[SiH3])O[SiH3]. The van der Waals surface area contributed by atoms with Crippen LogP contribution in [0.15, 0.2) is 24.8 Å². The van der Waals surface area contributed by atoms with Crippen molar-refractivity contribution < 1.29 is 8.23 Å². The predicted octanol–water partition coefficient (Wildman–Crippen LogP) is 0.955. The average molecular weight is 261 g/mol. The Morgan fingerprint density at radius 1 is 1.33 bits per heavy atom. The Balaban J connectivity index is 4.11. The Morgan fingerprint density at radius 3 is 2.33 bits per heavy atom. The molecule has 0 aliphatic rings. The van der Waals surface area contributed by atoms with E-state index in [0.717, 1.165) is 39.5 Å². The van der Waals surface area contributed by atoms with Crippen molar-refractivity contribution in [2.75, 3.05) is 0 Å². The molecule has 0 saturated carbocycles. The first-order valence-corrected chi connectivity index (χ1v) is 9.32. The Bertz CT molecular complexity index is 203. The van der Waals surface area contributed by atoms with Crippen LogP contribution in [0.1, 0.15) is 26.2 Å². The van der Waals surface area contributed by atoms with Crippen molar-refractivity contribution in [1.82, 2.24) is 0 Å². The molecule has 0 aromatic heterocycles. The van der Waals surface area contributed by atoms with E-state index in [0.29, 0.717) is 0 Å². The minimum atomic E-state index is -1.87. The maximum atomic E-state index is 5.78. The van der Waals surface area contributed by atoms with E-state index in [2.05, 4.69) is 20.1 Å². The van der Waals surface area contributed by atoms with E-state index in [1.54, 1.807) is 0 Å². The fourth-order valence-electron chi connectivity index (χ4n) is 1.66. The lowest BCUT2D eigenvalue weighted by Crippen LogP contribution is -2.40. The van der Waals surface area contributed by atoms with E-state index < -0.39 is 8.56 Å². The third-order valence-electron chi connectivity index (χ3n) is 2.53. The molecule has 0 aromatic carbocycles. The molecule has 0 amide bonds. The average Bonchev–Trinajstić information content (AvgIpc) is 2.22. The lowest BCUT2D eigenvalue weighted by Gasteiger charge is -2.29. The van der Waals surface area contributed by atoms with Gasteiger partial charge in [-0.3, -0.25) is 0 Å². The van der Waals surface area contributed by atoms with Crippen LogP contribution in [-0.4, -0.2) is 29.5 Å². The van der Waals surface area contributed by atoms with Gasteiger partial charge in [0.05, 0.1) is 0 Å². The van der Waals surface area contributed by atoms with E-state index in [1.807, 2.05) is 6.08 Å². The van der Waals surface area contributed by atoms with Crippen LogP contribution in [0.2, 0.25) is 12.1 Å². The summed E-state index contributed by atoms with van der Waals surface area (Å²) in [6, 6.07) is 2.08. The topological polar surface area (TPSA) is 18.5 Å². The van der Waals surface area contributed by atoms with Gasteiger partial charge in [-0.2, -0.15) is 0 Å². The van der Waals surface area contributed by atoms with Crippen molar-refractivity contribution in [3.05, 3.63) is 24.8 Å². The van der Waals surface area contributed by atoms with Crippen LogP contribution in [0.3, 0.4) is 0 Å².